The molecule has 0 saturated heterocycles. The van der Waals surface area contributed by atoms with E-state index in [0.717, 1.165) is 38.6 Å². The second-order valence-corrected chi connectivity index (χ2v) is 4.60. The molecule has 1 saturated carbocycles. The van der Waals surface area contributed by atoms with Crippen molar-refractivity contribution in [2.24, 2.45) is 5.92 Å². The summed E-state index contributed by atoms with van der Waals surface area (Å²) in [7, 11) is 0. The highest BCUT2D eigenvalue weighted by Gasteiger charge is 2.22. The zero-order valence-corrected chi connectivity index (χ0v) is 10.0. The second-order valence-electron chi connectivity index (χ2n) is 4.60. The molecular formula is C14H22N2. The van der Waals surface area contributed by atoms with Gasteiger partial charge in [0.05, 0.1) is 12.0 Å². The number of rotatable bonds is 5. The maximum absolute atomic E-state index is 9.11. The number of nitriles is 1. The molecule has 0 bridgehead atoms. The predicted octanol–water partition coefficient (Wildman–Crippen LogP) is 2.85. The molecule has 2 heteroatoms. The number of hydrogen-bond acceptors (Lipinski definition) is 2. The lowest BCUT2D eigenvalue weighted by molar-refractivity contribution is 0.391. The van der Waals surface area contributed by atoms with Gasteiger partial charge in [0.2, 0.25) is 0 Å². The molecule has 1 N–H and O–H groups in total. The number of hydrogen-bond donors (Lipinski definition) is 1. The lowest BCUT2D eigenvalue weighted by atomic mass is 9.96. The van der Waals surface area contributed by atoms with Crippen LogP contribution < -0.4 is 5.32 Å². The van der Waals surface area contributed by atoms with Gasteiger partial charge in [0, 0.05) is 12.5 Å². The van der Waals surface area contributed by atoms with E-state index in [1.807, 2.05) is 0 Å². The average molecular weight is 218 g/mol. The van der Waals surface area contributed by atoms with E-state index in [1.54, 1.807) is 0 Å². The SMILES string of the molecule is C#CCCCCNC1CCCCCC1C#N. The van der Waals surface area contributed by atoms with Crippen LogP contribution in [-0.4, -0.2) is 12.6 Å². The first-order valence-corrected chi connectivity index (χ1v) is 6.45. The van der Waals surface area contributed by atoms with Gasteiger partial charge in [-0.1, -0.05) is 19.3 Å². The summed E-state index contributed by atoms with van der Waals surface area (Å²) in [6.45, 7) is 1.00. The van der Waals surface area contributed by atoms with Crippen molar-refractivity contribution in [3.8, 4) is 18.4 Å². The van der Waals surface area contributed by atoms with Gasteiger partial charge < -0.3 is 5.32 Å². The topological polar surface area (TPSA) is 35.8 Å². The molecule has 16 heavy (non-hydrogen) atoms. The number of unbranched alkanes of at least 4 members (excludes halogenated alkanes) is 2. The molecule has 0 aromatic carbocycles. The van der Waals surface area contributed by atoms with E-state index in [4.69, 9.17) is 11.7 Å². The fourth-order valence-corrected chi connectivity index (χ4v) is 2.35. The fraction of sp³-hybridized carbons (Fsp3) is 0.786. The summed E-state index contributed by atoms with van der Waals surface area (Å²) in [5, 5.41) is 12.6. The molecule has 1 aliphatic carbocycles. The maximum Gasteiger partial charge on any atom is 0.0672 e. The Bertz CT molecular complexity index is 259. The predicted molar refractivity (Wildman–Crippen MR) is 66.7 cm³/mol. The van der Waals surface area contributed by atoms with Crippen LogP contribution in [0.2, 0.25) is 0 Å². The molecule has 0 aromatic heterocycles. The van der Waals surface area contributed by atoms with Gasteiger partial charge in [-0.2, -0.15) is 5.26 Å². The van der Waals surface area contributed by atoms with E-state index in [9.17, 15) is 0 Å². The van der Waals surface area contributed by atoms with Gasteiger partial charge in [0.1, 0.15) is 0 Å². The highest BCUT2D eigenvalue weighted by atomic mass is 14.9. The van der Waals surface area contributed by atoms with Crippen LogP contribution in [0.15, 0.2) is 0 Å². The summed E-state index contributed by atoms with van der Waals surface area (Å²) in [5.74, 6) is 2.87. The Balaban J connectivity index is 2.22. The normalized spacial score (nSPS) is 25.4. The Morgan fingerprint density at radius 1 is 1.19 bits per heavy atom. The summed E-state index contributed by atoms with van der Waals surface area (Å²) >= 11 is 0. The summed E-state index contributed by atoms with van der Waals surface area (Å²) in [6.07, 6.45) is 14.3. The molecule has 0 amide bonds. The van der Waals surface area contributed by atoms with E-state index in [2.05, 4.69) is 17.3 Å². The molecule has 0 heterocycles. The smallest absolute Gasteiger partial charge is 0.0672 e. The van der Waals surface area contributed by atoms with E-state index >= 15 is 0 Å². The number of terminal acetylenes is 1. The van der Waals surface area contributed by atoms with Gasteiger partial charge in [-0.15, -0.1) is 12.3 Å². The van der Waals surface area contributed by atoms with Crippen LogP contribution >= 0.6 is 0 Å². The zero-order valence-electron chi connectivity index (χ0n) is 10.0. The van der Waals surface area contributed by atoms with Crippen molar-refractivity contribution in [1.82, 2.24) is 5.32 Å². The monoisotopic (exact) mass is 218 g/mol. The molecule has 2 nitrogen and oxygen atoms in total. The average Bonchev–Trinajstić information content (AvgIpc) is 2.53. The summed E-state index contributed by atoms with van der Waals surface area (Å²) in [6, 6.07) is 2.87. The Morgan fingerprint density at radius 2 is 2.00 bits per heavy atom. The minimum absolute atomic E-state index is 0.218. The molecule has 0 spiro atoms. The van der Waals surface area contributed by atoms with Crippen molar-refractivity contribution in [2.75, 3.05) is 6.54 Å². The molecule has 2 atom stereocenters. The minimum Gasteiger partial charge on any atom is -0.313 e. The van der Waals surface area contributed by atoms with E-state index in [0.29, 0.717) is 6.04 Å². The van der Waals surface area contributed by atoms with E-state index in [-0.39, 0.29) is 5.92 Å². The van der Waals surface area contributed by atoms with Gasteiger partial charge >= 0.3 is 0 Å². The van der Waals surface area contributed by atoms with Gasteiger partial charge in [0.15, 0.2) is 0 Å². The molecule has 2 unspecified atom stereocenters. The molecule has 0 radical (unpaired) electrons. The van der Waals surface area contributed by atoms with Crippen LogP contribution in [0.5, 0.6) is 0 Å². The Labute approximate surface area is 99.4 Å². The van der Waals surface area contributed by atoms with E-state index < -0.39 is 0 Å². The van der Waals surface area contributed by atoms with Gasteiger partial charge in [-0.25, -0.2) is 0 Å². The largest absolute Gasteiger partial charge is 0.313 e. The first kappa shape index (κ1) is 13.1. The quantitative estimate of drug-likeness (QED) is 0.437. The molecule has 1 aliphatic rings. The fourth-order valence-electron chi connectivity index (χ4n) is 2.35. The standard InChI is InChI=1S/C14H22N2/c1-2-3-4-8-11-16-14-10-7-5-6-9-13(14)12-15/h1,13-14,16H,3-11H2. The Kier molecular flexibility index (Phi) is 6.70. The molecular weight excluding hydrogens is 196 g/mol. The Hall–Kier alpha value is -0.990. The zero-order chi connectivity index (χ0) is 11.6. The van der Waals surface area contributed by atoms with Crippen molar-refractivity contribution in [3.63, 3.8) is 0 Å². The minimum atomic E-state index is 0.218. The number of nitrogens with one attached hydrogen (secondary N) is 1. The third-order valence-corrected chi connectivity index (χ3v) is 3.34. The van der Waals surface area contributed by atoms with Crippen molar-refractivity contribution < 1.29 is 0 Å². The maximum atomic E-state index is 9.11. The molecule has 0 aliphatic heterocycles. The third-order valence-electron chi connectivity index (χ3n) is 3.34. The highest BCUT2D eigenvalue weighted by Crippen LogP contribution is 2.22. The van der Waals surface area contributed by atoms with Gasteiger partial charge in [-0.05, 0) is 32.2 Å². The summed E-state index contributed by atoms with van der Waals surface area (Å²) in [4.78, 5) is 0. The third kappa shape index (κ3) is 4.69. The molecule has 1 fully saturated rings. The van der Waals surface area contributed by atoms with Crippen LogP contribution in [0.4, 0.5) is 0 Å². The van der Waals surface area contributed by atoms with Crippen molar-refractivity contribution in [1.29, 1.82) is 5.26 Å². The van der Waals surface area contributed by atoms with Crippen LogP contribution in [0.25, 0.3) is 0 Å². The van der Waals surface area contributed by atoms with Crippen molar-refractivity contribution in [2.45, 2.75) is 57.4 Å². The van der Waals surface area contributed by atoms with Gasteiger partial charge in [-0.3, -0.25) is 0 Å². The summed E-state index contributed by atoms with van der Waals surface area (Å²) in [5.41, 5.74) is 0. The molecule has 88 valence electrons. The van der Waals surface area contributed by atoms with Crippen LogP contribution in [-0.2, 0) is 0 Å². The number of nitrogens with zero attached hydrogens (tertiary/aromatic N) is 1. The first-order chi connectivity index (χ1) is 7.88. The Morgan fingerprint density at radius 3 is 2.75 bits per heavy atom. The first-order valence-electron chi connectivity index (χ1n) is 6.45. The van der Waals surface area contributed by atoms with Crippen molar-refractivity contribution >= 4 is 0 Å². The molecule has 1 rings (SSSR count). The highest BCUT2D eigenvalue weighted by molar-refractivity contribution is 4.93. The van der Waals surface area contributed by atoms with Gasteiger partial charge in [0.25, 0.3) is 0 Å². The van der Waals surface area contributed by atoms with Crippen LogP contribution in [0.3, 0.4) is 0 Å². The second kappa shape index (κ2) is 8.20. The van der Waals surface area contributed by atoms with E-state index in [1.165, 1.54) is 19.3 Å². The summed E-state index contributed by atoms with van der Waals surface area (Å²) < 4.78 is 0. The lowest BCUT2D eigenvalue weighted by Crippen LogP contribution is -2.35. The van der Waals surface area contributed by atoms with Crippen LogP contribution in [0.1, 0.15) is 51.4 Å². The van der Waals surface area contributed by atoms with Crippen molar-refractivity contribution in [3.05, 3.63) is 0 Å². The van der Waals surface area contributed by atoms with Crippen LogP contribution in [0, 0.1) is 29.6 Å². The molecule has 0 aromatic rings. The lowest BCUT2D eigenvalue weighted by Gasteiger charge is -2.20.